The van der Waals surface area contributed by atoms with Crippen molar-refractivity contribution in [2.24, 2.45) is 11.5 Å². The molecule has 0 saturated heterocycles. The second-order valence-electron chi connectivity index (χ2n) is 4.02. The minimum absolute atomic E-state index is 0.266. The molecule has 0 spiro atoms. The standard InChI is InChI=1S/C13H13N3O2S/c1-7-4-2-3-5-8(7)10-6-9(11(14)17)12(19-10)16-13(15)18/h2-6H,1H3,(H2,14,17)(H3,15,16,18). The summed E-state index contributed by atoms with van der Waals surface area (Å²) in [5.74, 6) is -0.597. The van der Waals surface area contributed by atoms with Gasteiger partial charge in [-0.1, -0.05) is 24.3 Å². The quantitative estimate of drug-likeness (QED) is 0.801. The van der Waals surface area contributed by atoms with Gasteiger partial charge in [0.2, 0.25) is 0 Å². The average Bonchev–Trinajstić information content (AvgIpc) is 2.72. The molecule has 98 valence electrons. The minimum atomic E-state index is -0.722. The van der Waals surface area contributed by atoms with Crippen LogP contribution in [-0.4, -0.2) is 11.9 Å². The number of hydrogen-bond donors (Lipinski definition) is 3. The van der Waals surface area contributed by atoms with Gasteiger partial charge in [0.05, 0.1) is 5.56 Å². The molecule has 0 aliphatic rings. The first-order chi connectivity index (χ1) is 8.99. The highest BCUT2D eigenvalue weighted by molar-refractivity contribution is 7.20. The molecule has 0 fully saturated rings. The average molecular weight is 275 g/mol. The van der Waals surface area contributed by atoms with Crippen LogP contribution >= 0.6 is 11.3 Å². The van der Waals surface area contributed by atoms with E-state index in [1.165, 1.54) is 11.3 Å². The lowest BCUT2D eigenvalue weighted by Crippen LogP contribution is -2.21. The van der Waals surface area contributed by atoms with Crippen molar-refractivity contribution >= 4 is 28.3 Å². The van der Waals surface area contributed by atoms with Gasteiger partial charge in [-0.25, -0.2) is 4.79 Å². The highest BCUT2D eigenvalue weighted by atomic mass is 32.1. The molecule has 3 amide bonds. The molecule has 1 aromatic heterocycles. The van der Waals surface area contributed by atoms with Crippen molar-refractivity contribution in [3.8, 4) is 10.4 Å². The monoisotopic (exact) mass is 275 g/mol. The number of primary amides is 2. The molecule has 0 aliphatic heterocycles. The van der Waals surface area contributed by atoms with Crippen LogP contribution in [0.1, 0.15) is 15.9 Å². The molecule has 19 heavy (non-hydrogen) atoms. The third-order valence-electron chi connectivity index (χ3n) is 2.64. The third-order valence-corrected chi connectivity index (χ3v) is 3.73. The summed E-state index contributed by atoms with van der Waals surface area (Å²) >= 11 is 1.27. The molecule has 5 N–H and O–H groups in total. The summed E-state index contributed by atoms with van der Waals surface area (Å²) in [4.78, 5) is 23.1. The van der Waals surface area contributed by atoms with E-state index in [4.69, 9.17) is 11.5 Å². The predicted octanol–water partition coefficient (Wildman–Crippen LogP) is 2.31. The zero-order valence-corrected chi connectivity index (χ0v) is 11.1. The van der Waals surface area contributed by atoms with Crippen molar-refractivity contribution in [2.45, 2.75) is 6.92 Å². The van der Waals surface area contributed by atoms with Crippen LogP contribution in [0.25, 0.3) is 10.4 Å². The Bertz CT molecular complexity index is 649. The zero-order chi connectivity index (χ0) is 14.0. The Kier molecular flexibility index (Phi) is 3.52. The zero-order valence-electron chi connectivity index (χ0n) is 10.3. The lowest BCUT2D eigenvalue weighted by molar-refractivity contribution is 0.100. The Labute approximate surface area is 114 Å². The Morgan fingerprint density at radius 2 is 1.89 bits per heavy atom. The van der Waals surface area contributed by atoms with Crippen LogP contribution in [0.3, 0.4) is 0 Å². The summed E-state index contributed by atoms with van der Waals surface area (Å²) in [7, 11) is 0. The van der Waals surface area contributed by atoms with Gasteiger partial charge in [0, 0.05) is 4.88 Å². The molecular formula is C13H13N3O2S. The summed E-state index contributed by atoms with van der Waals surface area (Å²) in [5.41, 5.74) is 12.7. The fourth-order valence-electron chi connectivity index (χ4n) is 1.76. The van der Waals surface area contributed by atoms with E-state index < -0.39 is 11.9 Å². The van der Waals surface area contributed by atoms with E-state index in [1.54, 1.807) is 6.07 Å². The fraction of sp³-hybridized carbons (Fsp3) is 0.0769. The van der Waals surface area contributed by atoms with Crippen LogP contribution in [0, 0.1) is 6.92 Å². The van der Waals surface area contributed by atoms with Crippen LogP contribution in [0.2, 0.25) is 0 Å². The fourth-order valence-corrected chi connectivity index (χ4v) is 2.92. The van der Waals surface area contributed by atoms with Gasteiger partial charge in [0.15, 0.2) is 0 Å². The van der Waals surface area contributed by atoms with Crippen LogP contribution in [0.15, 0.2) is 30.3 Å². The minimum Gasteiger partial charge on any atom is -0.366 e. The molecule has 0 radical (unpaired) electrons. The Morgan fingerprint density at radius 3 is 2.47 bits per heavy atom. The topological polar surface area (TPSA) is 98.2 Å². The number of anilines is 1. The van der Waals surface area contributed by atoms with Gasteiger partial charge >= 0.3 is 6.03 Å². The Morgan fingerprint density at radius 1 is 1.21 bits per heavy atom. The normalized spacial score (nSPS) is 10.2. The maximum atomic E-state index is 11.4. The molecule has 0 aliphatic carbocycles. The smallest absolute Gasteiger partial charge is 0.317 e. The van der Waals surface area contributed by atoms with E-state index in [2.05, 4.69) is 5.32 Å². The number of urea groups is 1. The van der Waals surface area contributed by atoms with Gasteiger partial charge < -0.3 is 11.5 Å². The van der Waals surface area contributed by atoms with Gasteiger partial charge in [-0.2, -0.15) is 0 Å². The van der Waals surface area contributed by atoms with Gasteiger partial charge in [-0.15, -0.1) is 11.3 Å². The highest BCUT2D eigenvalue weighted by Gasteiger charge is 2.16. The molecular weight excluding hydrogens is 262 g/mol. The lowest BCUT2D eigenvalue weighted by atomic mass is 10.1. The molecule has 1 heterocycles. The number of amides is 3. The number of thiophene rings is 1. The summed E-state index contributed by atoms with van der Waals surface area (Å²) in [6.07, 6.45) is 0. The summed E-state index contributed by atoms with van der Waals surface area (Å²) < 4.78 is 0. The highest BCUT2D eigenvalue weighted by Crippen LogP contribution is 2.36. The third kappa shape index (κ3) is 2.74. The Balaban J connectivity index is 2.52. The number of benzene rings is 1. The maximum absolute atomic E-state index is 11.4. The summed E-state index contributed by atoms with van der Waals surface area (Å²) in [6, 6.07) is 8.71. The van der Waals surface area contributed by atoms with Crippen molar-refractivity contribution in [3.63, 3.8) is 0 Å². The van der Waals surface area contributed by atoms with Gasteiger partial charge in [0.1, 0.15) is 5.00 Å². The van der Waals surface area contributed by atoms with Crippen molar-refractivity contribution < 1.29 is 9.59 Å². The number of carbonyl (C=O) groups excluding carboxylic acids is 2. The maximum Gasteiger partial charge on any atom is 0.317 e. The number of rotatable bonds is 3. The van der Waals surface area contributed by atoms with E-state index in [0.717, 1.165) is 16.0 Å². The van der Waals surface area contributed by atoms with Crippen molar-refractivity contribution in [2.75, 3.05) is 5.32 Å². The van der Waals surface area contributed by atoms with Gasteiger partial charge in [-0.05, 0) is 24.1 Å². The number of nitrogens with two attached hydrogens (primary N) is 2. The van der Waals surface area contributed by atoms with Crippen LogP contribution in [0.4, 0.5) is 9.80 Å². The van der Waals surface area contributed by atoms with E-state index in [9.17, 15) is 9.59 Å². The van der Waals surface area contributed by atoms with Gasteiger partial charge in [-0.3, -0.25) is 10.1 Å². The molecule has 0 saturated carbocycles. The molecule has 1 aromatic carbocycles. The first kappa shape index (κ1) is 13.1. The second-order valence-corrected chi connectivity index (χ2v) is 5.07. The first-order valence-electron chi connectivity index (χ1n) is 5.55. The van der Waals surface area contributed by atoms with Crippen LogP contribution in [0.5, 0.6) is 0 Å². The van der Waals surface area contributed by atoms with E-state index in [0.29, 0.717) is 5.00 Å². The molecule has 0 atom stereocenters. The van der Waals surface area contributed by atoms with Crippen LogP contribution < -0.4 is 16.8 Å². The van der Waals surface area contributed by atoms with Crippen LogP contribution in [-0.2, 0) is 0 Å². The number of carbonyl (C=O) groups is 2. The predicted molar refractivity (Wildman–Crippen MR) is 76.2 cm³/mol. The molecule has 2 rings (SSSR count). The van der Waals surface area contributed by atoms with E-state index >= 15 is 0 Å². The molecule has 6 heteroatoms. The van der Waals surface area contributed by atoms with E-state index in [-0.39, 0.29) is 5.56 Å². The Hall–Kier alpha value is -2.34. The van der Waals surface area contributed by atoms with Crippen molar-refractivity contribution in [1.29, 1.82) is 0 Å². The summed E-state index contributed by atoms with van der Waals surface area (Å²) in [5, 5.41) is 2.79. The first-order valence-corrected chi connectivity index (χ1v) is 6.37. The van der Waals surface area contributed by atoms with Crippen molar-refractivity contribution in [1.82, 2.24) is 0 Å². The lowest BCUT2D eigenvalue weighted by Gasteiger charge is -2.01. The number of hydrogen-bond acceptors (Lipinski definition) is 3. The molecule has 0 unspecified atom stereocenters. The molecule has 2 aromatic rings. The molecule has 5 nitrogen and oxygen atoms in total. The number of nitrogens with one attached hydrogen (secondary N) is 1. The largest absolute Gasteiger partial charge is 0.366 e. The SMILES string of the molecule is Cc1ccccc1-c1cc(C(N)=O)c(NC(N)=O)s1. The number of aryl methyl sites for hydroxylation is 1. The van der Waals surface area contributed by atoms with Gasteiger partial charge in [0.25, 0.3) is 5.91 Å². The van der Waals surface area contributed by atoms with Crippen molar-refractivity contribution in [3.05, 3.63) is 41.5 Å². The van der Waals surface area contributed by atoms with E-state index in [1.807, 2.05) is 31.2 Å². The summed E-state index contributed by atoms with van der Waals surface area (Å²) in [6.45, 7) is 1.97. The molecule has 0 bridgehead atoms. The second kappa shape index (κ2) is 5.11.